The van der Waals surface area contributed by atoms with Gasteiger partial charge in [0.1, 0.15) is 11.5 Å². The zero-order chi connectivity index (χ0) is 22.3. The maximum absolute atomic E-state index is 13.1. The van der Waals surface area contributed by atoms with Crippen LogP contribution in [0.25, 0.3) is 0 Å². The molecular formula is C23H20N4O4. The molecule has 2 fully saturated rings. The highest BCUT2D eigenvalue weighted by Gasteiger charge is 2.41. The minimum atomic E-state index is -0.945. The number of hydrogen-bond donors (Lipinski definition) is 2. The van der Waals surface area contributed by atoms with E-state index in [1.807, 2.05) is 26.0 Å². The van der Waals surface area contributed by atoms with Gasteiger partial charge in [-0.25, -0.2) is 14.7 Å². The Kier molecular flexibility index (Phi) is 4.90. The van der Waals surface area contributed by atoms with Crippen LogP contribution >= 0.6 is 0 Å². The molecule has 2 N–H and O–H groups in total. The van der Waals surface area contributed by atoms with Crippen molar-refractivity contribution in [2.45, 2.75) is 13.8 Å². The highest BCUT2D eigenvalue weighted by Crippen LogP contribution is 2.28. The largest absolute Gasteiger partial charge is 0.335 e. The molecule has 2 aliphatic heterocycles. The van der Waals surface area contributed by atoms with Gasteiger partial charge in [-0.3, -0.25) is 25.1 Å². The predicted molar refractivity (Wildman–Crippen MR) is 115 cm³/mol. The summed E-state index contributed by atoms with van der Waals surface area (Å²) in [5.41, 5.74) is 5.56. The van der Waals surface area contributed by atoms with E-state index < -0.39 is 23.8 Å². The number of urea groups is 1. The molecule has 31 heavy (non-hydrogen) atoms. The fraction of sp³-hybridized carbons (Fsp3) is 0.130. The van der Waals surface area contributed by atoms with Crippen LogP contribution < -0.4 is 20.7 Å². The number of carbonyl (C=O) groups is 4. The minimum absolute atomic E-state index is 0.296. The average molecular weight is 416 g/mol. The Morgan fingerprint density at radius 2 is 1.58 bits per heavy atom. The Bertz CT molecular complexity index is 1150. The molecule has 0 spiro atoms. The zero-order valence-corrected chi connectivity index (χ0v) is 17.0. The van der Waals surface area contributed by atoms with Crippen molar-refractivity contribution in [1.82, 2.24) is 10.7 Å². The molecule has 8 heteroatoms. The van der Waals surface area contributed by atoms with Crippen LogP contribution in [0.3, 0.4) is 0 Å². The van der Waals surface area contributed by atoms with Crippen molar-refractivity contribution in [3.8, 4) is 0 Å². The average Bonchev–Trinajstić information content (AvgIpc) is 2.98. The first-order chi connectivity index (χ1) is 14.8. The van der Waals surface area contributed by atoms with Gasteiger partial charge in [-0.15, -0.1) is 0 Å². The Hall–Kier alpha value is -4.20. The first kappa shape index (κ1) is 20.1. The zero-order valence-electron chi connectivity index (χ0n) is 17.0. The molecule has 5 amide bonds. The molecular weight excluding hydrogens is 396 g/mol. The fourth-order valence-electron chi connectivity index (χ4n) is 3.66. The van der Waals surface area contributed by atoms with Crippen LogP contribution in [0.15, 0.2) is 72.5 Å². The number of hydrazine groups is 1. The highest BCUT2D eigenvalue weighted by molar-refractivity contribution is 6.37. The van der Waals surface area contributed by atoms with Crippen molar-refractivity contribution in [2.24, 2.45) is 5.92 Å². The van der Waals surface area contributed by atoms with Gasteiger partial charge in [-0.1, -0.05) is 30.8 Å². The second-order valence-electron chi connectivity index (χ2n) is 7.45. The summed E-state index contributed by atoms with van der Waals surface area (Å²) in [4.78, 5) is 51.8. The molecule has 2 aromatic carbocycles. The lowest BCUT2D eigenvalue weighted by Gasteiger charge is -2.27. The Morgan fingerprint density at radius 1 is 0.935 bits per heavy atom. The third-order valence-electron chi connectivity index (χ3n) is 5.03. The third kappa shape index (κ3) is 3.59. The number of carbonyl (C=O) groups excluding carboxylic acids is 4. The van der Waals surface area contributed by atoms with Gasteiger partial charge in [0.15, 0.2) is 0 Å². The van der Waals surface area contributed by atoms with Gasteiger partial charge in [0.05, 0.1) is 11.4 Å². The minimum Gasteiger partial charge on any atom is -0.295 e. The van der Waals surface area contributed by atoms with E-state index in [1.54, 1.807) is 36.4 Å². The highest BCUT2D eigenvalue weighted by atomic mass is 16.2. The molecule has 2 aromatic rings. The summed E-state index contributed by atoms with van der Waals surface area (Å²) >= 11 is 0. The lowest BCUT2D eigenvalue weighted by Crippen LogP contribution is -2.54. The molecule has 2 saturated heterocycles. The predicted octanol–water partition coefficient (Wildman–Crippen LogP) is 2.49. The van der Waals surface area contributed by atoms with Crippen LogP contribution in [0.2, 0.25) is 0 Å². The molecule has 0 unspecified atom stereocenters. The molecule has 4 rings (SSSR count). The monoisotopic (exact) mass is 416 g/mol. The normalized spacial score (nSPS) is 20.4. The maximum Gasteiger partial charge on any atom is 0.335 e. The van der Waals surface area contributed by atoms with Crippen LogP contribution in [-0.2, 0) is 14.4 Å². The van der Waals surface area contributed by atoms with E-state index in [9.17, 15) is 19.2 Å². The molecule has 1 atom stereocenters. The summed E-state index contributed by atoms with van der Waals surface area (Å²) in [5, 5.41) is 3.49. The number of benzene rings is 2. The van der Waals surface area contributed by atoms with E-state index in [1.165, 1.54) is 11.1 Å². The van der Waals surface area contributed by atoms with Gasteiger partial charge in [-0.2, -0.15) is 0 Å². The fourth-order valence-corrected chi connectivity index (χ4v) is 3.66. The second kappa shape index (κ2) is 7.56. The van der Waals surface area contributed by atoms with E-state index in [2.05, 4.69) is 17.3 Å². The van der Waals surface area contributed by atoms with Crippen molar-refractivity contribution < 1.29 is 19.2 Å². The Balaban J connectivity index is 1.68. The first-order valence-corrected chi connectivity index (χ1v) is 9.60. The van der Waals surface area contributed by atoms with Crippen LogP contribution in [0.5, 0.6) is 0 Å². The smallest absolute Gasteiger partial charge is 0.295 e. The molecule has 156 valence electrons. The standard InChI is InChI=1S/C23H20N4O4/c1-13-9-14(2)11-17(10-13)26-21(29)19(20(28)24-23(26)31)12-18-15(3)25-27(22(18)30)16-7-5-4-6-8-16/h4-12,18,25H,3H2,1-2H3,(H,24,28,31)/b19-12+/t18-/m0/s1. The van der Waals surface area contributed by atoms with Crippen molar-refractivity contribution in [3.63, 3.8) is 0 Å². The summed E-state index contributed by atoms with van der Waals surface area (Å²) < 4.78 is 0. The summed E-state index contributed by atoms with van der Waals surface area (Å²) in [7, 11) is 0. The lowest BCUT2D eigenvalue weighted by molar-refractivity contribution is -0.122. The molecule has 0 bridgehead atoms. The van der Waals surface area contributed by atoms with Crippen LogP contribution in [0.1, 0.15) is 11.1 Å². The number of rotatable bonds is 3. The van der Waals surface area contributed by atoms with Gasteiger partial charge in [0, 0.05) is 5.70 Å². The summed E-state index contributed by atoms with van der Waals surface area (Å²) in [6.45, 7) is 7.54. The van der Waals surface area contributed by atoms with Gasteiger partial charge in [0.25, 0.3) is 17.7 Å². The van der Waals surface area contributed by atoms with Gasteiger partial charge in [-0.05, 0) is 55.3 Å². The van der Waals surface area contributed by atoms with E-state index in [-0.39, 0.29) is 11.5 Å². The molecule has 0 radical (unpaired) electrons. The van der Waals surface area contributed by atoms with Gasteiger partial charge in [0.2, 0.25) is 0 Å². The Labute approximate surface area is 178 Å². The molecule has 2 heterocycles. The number of anilines is 2. The van der Waals surface area contributed by atoms with Crippen LogP contribution in [0.4, 0.5) is 16.2 Å². The van der Waals surface area contributed by atoms with E-state index in [0.29, 0.717) is 17.1 Å². The number of barbiturate groups is 1. The molecule has 0 aliphatic carbocycles. The summed E-state index contributed by atoms with van der Waals surface area (Å²) in [6.07, 6.45) is 1.25. The number of nitrogens with zero attached hydrogens (tertiary/aromatic N) is 2. The summed E-state index contributed by atoms with van der Waals surface area (Å²) in [6, 6.07) is 13.3. The SMILES string of the molecule is C=C1NN(c2ccccc2)C(=O)[C@H]1/C=C1\C(=O)NC(=O)N(c2cc(C)cc(C)c2)C1=O. The van der Waals surface area contributed by atoms with Crippen molar-refractivity contribution in [1.29, 1.82) is 0 Å². The van der Waals surface area contributed by atoms with Gasteiger partial charge >= 0.3 is 6.03 Å². The topological polar surface area (TPSA) is 98.8 Å². The molecule has 0 saturated carbocycles. The van der Waals surface area contributed by atoms with Crippen molar-refractivity contribution >= 4 is 35.1 Å². The molecule has 2 aliphatic rings. The quantitative estimate of drug-likeness (QED) is 0.592. The summed E-state index contributed by atoms with van der Waals surface area (Å²) in [5.74, 6) is -2.98. The number of nitrogens with one attached hydrogen (secondary N) is 2. The molecule has 0 aromatic heterocycles. The number of hydrogen-bond acceptors (Lipinski definition) is 5. The second-order valence-corrected chi connectivity index (χ2v) is 7.45. The van der Waals surface area contributed by atoms with Crippen LogP contribution in [0, 0.1) is 19.8 Å². The third-order valence-corrected chi connectivity index (χ3v) is 5.03. The van der Waals surface area contributed by atoms with E-state index in [4.69, 9.17) is 0 Å². The number of imide groups is 2. The number of aryl methyl sites for hydroxylation is 2. The maximum atomic E-state index is 13.1. The Morgan fingerprint density at radius 3 is 2.23 bits per heavy atom. The number of para-hydroxylation sites is 1. The van der Waals surface area contributed by atoms with Gasteiger partial charge < -0.3 is 0 Å². The van der Waals surface area contributed by atoms with E-state index in [0.717, 1.165) is 16.0 Å². The number of amides is 5. The van der Waals surface area contributed by atoms with E-state index >= 15 is 0 Å². The first-order valence-electron chi connectivity index (χ1n) is 9.60. The van der Waals surface area contributed by atoms with Crippen LogP contribution in [-0.4, -0.2) is 23.8 Å². The lowest BCUT2D eigenvalue weighted by atomic mass is 10.00. The van der Waals surface area contributed by atoms with Crippen molar-refractivity contribution in [2.75, 3.05) is 9.91 Å². The molecule has 8 nitrogen and oxygen atoms in total. The van der Waals surface area contributed by atoms with Crippen molar-refractivity contribution in [3.05, 3.63) is 83.6 Å².